The number of ether oxygens (including phenoxy) is 1. The van der Waals surface area contributed by atoms with Gasteiger partial charge in [-0.05, 0) is 61.8 Å². The van der Waals surface area contributed by atoms with Crippen LogP contribution in [0.15, 0.2) is 24.4 Å². The van der Waals surface area contributed by atoms with Crippen LogP contribution < -0.4 is 9.64 Å². The number of hydrogen-bond donors (Lipinski definition) is 0. The fourth-order valence-corrected chi connectivity index (χ4v) is 5.74. The van der Waals surface area contributed by atoms with Gasteiger partial charge in [0.15, 0.2) is 0 Å². The smallest absolute Gasteiger partial charge is 0.138 e. The number of aromatic nitrogens is 2. The molecule has 0 radical (unpaired) electrons. The molecule has 0 N–H and O–H groups in total. The first kappa shape index (κ1) is 23.5. The molecule has 1 aliphatic heterocycles. The van der Waals surface area contributed by atoms with Crippen molar-refractivity contribution in [1.82, 2.24) is 9.97 Å². The van der Waals surface area contributed by atoms with E-state index in [0.29, 0.717) is 44.0 Å². The minimum atomic E-state index is -0.321. The monoisotopic (exact) mass is 514 g/mol. The molecule has 3 heterocycles. The second-order valence-electron chi connectivity index (χ2n) is 9.71. The van der Waals surface area contributed by atoms with E-state index in [2.05, 4.69) is 22.9 Å². The van der Waals surface area contributed by atoms with Crippen LogP contribution in [-0.4, -0.2) is 30.2 Å². The Morgan fingerprint density at radius 3 is 2.47 bits per heavy atom. The molecule has 176 valence electrons. The van der Waals surface area contributed by atoms with Crippen LogP contribution in [0.5, 0.6) is 5.75 Å². The summed E-state index contributed by atoms with van der Waals surface area (Å²) in [5, 5.41) is 12.8. The number of benzene rings is 1. The van der Waals surface area contributed by atoms with Gasteiger partial charge < -0.3 is 9.64 Å². The average Bonchev–Trinajstić information content (AvgIpc) is 3.55. The number of piperidine rings is 1. The molecule has 34 heavy (non-hydrogen) atoms. The fraction of sp³-hybridized carbons (Fsp3) is 0.423. The van der Waals surface area contributed by atoms with Gasteiger partial charge in [-0.2, -0.15) is 5.26 Å². The van der Waals surface area contributed by atoms with Gasteiger partial charge in [0.1, 0.15) is 16.7 Å². The van der Waals surface area contributed by atoms with E-state index in [1.165, 1.54) is 0 Å². The maximum Gasteiger partial charge on any atom is 0.138 e. The SMILES string of the molecule is COc1cc(C2CC2C)c(Cl)c(-c2cc3cnc(Cl)cc3c(N3CCC(C)(C#N)CC3)n2)c1Cl. The predicted molar refractivity (Wildman–Crippen MR) is 138 cm³/mol. The molecule has 0 bridgehead atoms. The van der Waals surface area contributed by atoms with Crippen LogP contribution >= 0.6 is 34.8 Å². The minimum absolute atomic E-state index is 0.321. The van der Waals surface area contributed by atoms with Crippen molar-refractivity contribution in [1.29, 1.82) is 5.26 Å². The van der Waals surface area contributed by atoms with Crippen molar-refractivity contribution in [2.75, 3.05) is 25.1 Å². The lowest BCUT2D eigenvalue weighted by molar-refractivity contribution is 0.337. The molecular weight excluding hydrogens is 491 g/mol. The highest BCUT2D eigenvalue weighted by Gasteiger charge is 2.38. The van der Waals surface area contributed by atoms with Crippen LogP contribution in [0.2, 0.25) is 15.2 Å². The standard InChI is InChI=1S/C26H25Cl3N4O/c1-14-8-16(14)18-10-20(34-3)24(29)22(23(18)28)19-9-15-12-31-21(27)11-17(15)25(32-19)33-6-4-26(2,13-30)5-7-33/h9-12,14,16H,4-8H2,1-3H3. The number of fused-ring (bicyclic) bond motifs is 1. The topological polar surface area (TPSA) is 62.0 Å². The number of hydrogen-bond acceptors (Lipinski definition) is 5. The first-order chi connectivity index (χ1) is 16.2. The van der Waals surface area contributed by atoms with Crippen LogP contribution in [0.25, 0.3) is 22.0 Å². The molecule has 8 heteroatoms. The van der Waals surface area contributed by atoms with Crippen molar-refractivity contribution in [2.45, 2.75) is 39.0 Å². The van der Waals surface area contributed by atoms with Gasteiger partial charge in [-0.3, -0.25) is 0 Å². The first-order valence-electron chi connectivity index (χ1n) is 11.4. The number of nitrogens with zero attached hydrogens (tertiary/aromatic N) is 4. The van der Waals surface area contributed by atoms with E-state index in [1.807, 2.05) is 25.1 Å². The summed E-state index contributed by atoms with van der Waals surface area (Å²) in [6, 6.07) is 8.22. The zero-order valence-corrected chi connectivity index (χ0v) is 21.6. The number of pyridine rings is 2. The summed E-state index contributed by atoms with van der Waals surface area (Å²) in [4.78, 5) is 11.6. The van der Waals surface area contributed by atoms with Crippen LogP contribution in [0.3, 0.4) is 0 Å². The third kappa shape index (κ3) is 4.06. The number of halogens is 3. The van der Waals surface area contributed by atoms with E-state index < -0.39 is 0 Å². The van der Waals surface area contributed by atoms with Crippen molar-refractivity contribution < 1.29 is 4.74 Å². The van der Waals surface area contributed by atoms with Crippen molar-refractivity contribution in [3.63, 3.8) is 0 Å². The van der Waals surface area contributed by atoms with Crippen molar-refractivity contribution in [3.8, 4) is 23.1 Å². The summed E-state index contributed by atoms with van der Waals surface area (Å²) >= 11 is 20.1. The second kappa shape index (κ2) is 8.75. The number of rotatable bonds is 4. The Kier molecular flexibility index (Phi) is 6.04. The summed E-state index contributed by atoms with van der Waals surface area (Å²) < 4.78 is 5.61. The fourth-order valence-electron chi connectivity index (χ4n) is 4.83. The molecule has 1 aliphatic carbocycles. The molecule has 2 aliphatic rings. The number of methoxy groups -OCH3 is 1. The van der Waals surface area contributed by atoms with Gasteiger partial charge in [-0.15, -0.1) is 0 Å². The number of anilines is 1. The van der Waals surface area contributed by atoms with E-state index in [4.69, 9.17) is 44.5 Å². The van der Waals surface area contributed by atoms with Gasteiger partial charge >= 0.3 is 0 Å². The maximum absolute atomic E-state index is 9.56. The van der Waals surface area contributed by atoms with Crippen LogP contribution in [0, 0.1) is 22.7 Å². The number of nitriles is 1. The Morgan fingerprint density at radius 2 is 1.85 bits per heavy atom. The quantitative estimate of drug-likeness (QED) is 0.336. The Morgan fingerprint density at radius 1 is 1.15 bits per heavy atom. The van der Waals surface area contributed by atoms with Gasteiger partial charge in [0, 0.05) is 35.6 Å². The van der Waals surface area contributed by atoms with E-state index in [-0.39, 0.29) is 5.41 Å². The van der Waals surface area contributed by atoms with Gasteiger partial charge in [0.05, 0.1) is 34.3 Å². The van der Waals surface area contributed by atoms with Crippen molar-refractivity contribution in [3.05, 3.63) is 45.2 Å². The predicted octanol–water partition coefficient (Wildman–Crippen LogP) is 7.52. The van der Waals surface area contributed by atoms with Crippen molar-refractivity contribution in [2.24, 2.45) is 11.3 Å². The van der Waals surface area contributed by atoms with E-state index in [0.717, 1.165) is 54.5 Å². The first-order valence-corrected chi connectivity index (χ1v) is 12.6. The molecule has 3 aromatic rings. The van der Waals surface area contributed by atoms with Gasteiger partial charge in [0.2, 0.25) is 0 Å². The van der Waals surface area contributed by atoms with E-state index in [1.54, 1.807) is 13.3 Å². The Bertz CT molecular complexity index is 1330. The third-order valence-electron chi connectivity index (χ3n) is 7.28. The van der Waals surface area contributed by atoms with Gasteiger partial charge in [0.25, 0.3) is 0 Å². The molecule has 1 saturated heterocycles. The van der Waals surface area contributed by atoms with E-state index >= 15 is 0 Å². The third-order valence-corrected chi connectivity index (χ3v) is 8.27. The lowest BCUT2D eigenvalue weighted by Gasteiger charge is -2.36. The summed E-state index contributed by atoms with van der Waals surface area (Å²) in [7, 11) is 1.62. The highest BCUT2D eigenvalue weighted by Crippen LogP contribution is 2.54. The molecule has 5 nitrogen and oxygen atoms in total. The minimum Gasteiger partial charge on any atom is -0.495 e. The molecule has 2 fully saturated rings. The second-order valence-corrected chi connectivity index (χ2v) is 10.9. The normalized spacial score (nSPS) is 21.4. The molecule has 2 unspecified atom stereocenters. The summed E-state index contributed by atoms with van der Waals surface area (Å²) in [5.74, 6) is 2.36. The molecule has 5 rings (SSSR count). The van der Waals surface area contributed by atoms with Gasteiger partial charge in [-0.1, -0.05) is 41.7 Å². The summed E-state index contributed by atoms with van der Waals surface area (Å²) in [6.45, 7) is 5.68. The molecule has 1 saturated carbocycles. The van der Waals surface area contributed by atoms with E-state index in [9.17, 15) is 5.26 Å². The average molecular weight is 516 g/mol. The largest absolute Gasteiger partial charge is 0.495 e. The zero-order chi connectivity index (χ0) is 24.2. The lowest BCUT2D eigenvalue weighted by atomic mass is 9.82. The Hall–Kier alpha value is -2.26. The summed E-state index contributed by atoms with van der Waals surface area (Å²) in [5.41, 5.74) is 2.07. The zero-order valence-electron chi connectivity index (χ0n) is 19.3. The lowest BCUT2D eigenvalue weighted by Crippen LogP contribution is -2.38. The van der Waals surface area contributed by atoms with Crippen LogP contribution in [-0.2, 0) is 0 Å². The van der Waals surface area contributed by atoms with Crippen LogP contribution in [0.4, 0.5) is 5.82 Å². The Labute approximate surface area is 214 Å². The molecule has 2 aromatic heterocycles. The molecular formula is C26H25Cl3N4O. The molecule has 1 aromatic carbocycles. The molecule has 0 amide bonds. The maximum atomic E-state index is 9.56. The molecule has 0 spiro atoms. The highest BCUT2D eigenvalue weighted by molar-refractivity contribution is 6.40. The highest BCUT2D eigenvalue weighted by atomic mass is 35.5. The van der Waals surface area contributed by atoms with Gasteiger partial charge in [-0.25, -0.2) is 9.97 Å². The van der Waals surface area contributed by atoms with Crippen molar-refractivity contribution >= 4 is 51.4 Å². The summed E-state index contributed by atoms with van der Waals surface area (Å²) in [6.07, 6.45) is 4.37. The Balaban J connectivity index is 1.69. The molecule has 2 atom stereocenters. The van der Waals surface area contributed by atoms with Crippen LogP contribution in [0.1, 0.15) is 44.6 Å².